The van der Waals surface area contributed by atoms with Gasteiger partial charge in [0.2, 0.25) is 0 Å². The van der Waals surface area contributed by atoms with E-state index in [2.05, 4.69) is 35.8 Å². The molecule has 1 aromatic rings. The lowest BCUT2D eigenvalue weighted by molar-refractivity contribution is 0.289. The predicted molar refractivity (Wildman–Crippen MR) is 63.8 cm³/mol. The second-order valence-corrected chi connectivity index (χ2v) is 4.64. The van der Waals surface area contributed by atoms with Crippen LogP contribution < -0.4 is 4.74 Å². The first kappa shape index (κ1) is 12.1. The van der Waals surface area contributed by atoms with Crippen molar-refractivity contribution in [1.29, 1.82) is 5.26 Å². The number of nitrogens with zero attached hydrogens (tertiary/aromatic N) is 1. The third-order valence-corrected chi connectivity index (χ3v) is 2.68. The van der Waals surface area contributed by atoms with Crippen LogP contribution in [0.1, 0.15) is 25.8 Å². The Morgan fingerprint density at radius 3 is 2.73 bits per heavy atom. The highest BCUT2D eigenvalue weighted by Crippen LogP contribution is 2.22. The predicted octanol–water partition coefficient (Wildman–Crippen LogP) is 3.75. The fourth-order valence-electron chi connectivity index (χ4n) is 1.09. The highest BCUT2D eigenvalue weighted by Gasteiger charge is 2.01. The third-order valence-electron chi connectivity index (χ3n) is 2.02. The van der Waals surface area contributed by atoms with Crippen LogP contribution in [0.4, 0.5) is 0 Å². The zero-order chi connectivity index (χ0) is 11.3. The Balaban J connectivity index is 2.57. The van der Waals surface area contributed by atoms with E-state index in [1.165, 1.54) is 0 Å². The van der Waals surface area contributed by atoms with Crippen LogP contribution in [0.2, 0.25) is 0 Å². The van der Waals surface area contributed by atoms with E-state index in [9.17, 15) is 0 Å². The molecule has 0 spiro atoms. The maximum Gasteiger partial charge on any atom is 0.120 e. The van der Waals surface area contributed by atoms with Gasteiger partial charge in [-0.25, -0.2) is 0 Å². The topological polar surface area (TPSA) is 33.0 Å². The van der Waals surface area contributed by atoms with Gasteiger partial charge in [-0.15, -0.1) is 0 Å². The van der Waals surface area contributed by atoms with Crippen molar-refractivity contribution in [3.63, 3.8) is 0 Å². The summed E-state index contributed by atoms with van der Waals surface area (Å²) in [5, 5.41) is 8.74. The number of rotatable bonds is 4. The molecule has 3 heteroatoms. The Bertz CT molecular complexity index is 368. The van der Waals surface area contributed by atoms with Crippen LogP contribution in [0.25, 0.3) is 0 Å². The molecule has 15 heavy (non-hydrogen) atoms. The number of nitriles is 1. The molecule has 0 unspecified atom stereocenters. The number of hydrogen-bond acceptors (Lipinski definition) is 2. The molecule has 0 heterocycles. The Kier molecular flexibility index (Phi) is 4.64. The highest BCUT2D eigenvalue weighted by atomic mass is 79.9. The van der Waals surface area contributed by atoms with Gasteiger partial charge in [0, 0.05) is 4.47 Å². The summed E-state index contributed by atoms with van der Waals surface area (Å²) in [5.74, 6) is 1.45. The maximum absolute atomic E-state index is 8.74. The largest absolute Gasteiger partial charge is 0.494 e. The summed E-state index contributed by atoms with van der Waals surface area (Å²) in [6, 6.07) is 7.51. The van der Waals surface area contributed by atoms with E-state index < -0.39 is 0 Å². The van der Waals surface area contributed by atoms with Crippen LogP contribution in [0, 0.1) is 17.2 Å². The lowest BCUT2D eigenvalue weighted by Gasteiger charge is -2.08. The molecule has 0 aliphatic rings. The Hall–Kier alpha value is -1.01. The molecule has 0 saturated carbocycles. The van der Waals surface area contributed by atoms with Gasteiger partial charge >= 0.3 is 0 Å². The Morgan fingerprint density at radius 1 is 1.47 bits per heavy atom. The van der Waals surface area contributed by atoms with Crippen molar-refractivity contribution in [2.75, 3.05) is 6.61 Å². The Morgan fingerprint density at radius 2 is 2.20 bits per heavy atom. The lowest BCUT2D eigenvalue weighted by atomic mass is 10.1. The maximum atomic E-state index is 8.74. The van der Waals surface area contributed by atoms with Crippen molar-refractivity contribution in [1.82, 2.24) is 0 Å². The zero-order valence-corrected chi connectivity index (χ0v) is 10.5. The van der Waals surface area contributed by atoms with Gasteiger partial charge in [-0.2, -0.15) is 5.26 Å². The fourth-order valence-corrected chi connectivity index (χ4v) is 1.54. The number of halogens is 1. The van der Waals surface area contributed by atoms with E-state index in [-0.39, 0.29) is 0 Å². The molecule has 0 saturated heterocycles. The normalized spacial score (nSPS) is 10.1. The second kappa shape index (κ2) is 5.77. The van der Waals surface area contributed by atoms with Gasteiger partial charge in [-0.1, -0.05) is 13.8 Å². The van der Waals surface area contributed by atoms with Crippen molar-refractivity contribution in [2.24, 2.45) is 5.92 Å². The van der Waals surface area contributed by atoms with Crippen molar-refractivity contribution < 1.29 is 4.74 Å². The van der Waals surface area contributed by atoms with Crippen LogP contribution >= 0.6 is 15.9 Å². The SMILES string of the molecule is CC(C)CCOc1ccc(C#N)c(Br)c1. The molecule has 1 rings (SSSR count). The summed E-state index contributed by atoms with van der Waals surface area (Å²) in [6.45, 7) is 5.05. The molecule has 0 bridgehead atoms. The molecule has 1 aromatic carbocycles. The van der Waals surface area contributed by atoms with Gasteiger partial charge < -0.3 is 4.74 Å². The first-order chi connectivity index (χ1) is 7.13. The molecular formula is C12H14BrNO. The van der Waals surface area contributed by atoms with Crippen LogP contribution in [0.3, 0.4) is 0 Å². The molecule has 2 nitrogen and oxygen atoms in total. The Labute approximate surface area is 99.0 Å². The standard InChI is InChI=1S/C12H14BrNO/c1-9(2)5-6-15-11-4-3-10(8-14)12(13)7-11/h3-4,7,9H,5-6H2,1-2H3. The molecule has 80 valence electrons. The van der Waals surface area contributed by atoms with Crippen LogP contribution in [0.15, 0.2) is 22.7 Å². The molecule has 0 atom stereocenters. The van der Waals surface area contributed by atoms with Gasteiger partial charge in [0.15, 0.2) is 0 Å². The molecule has 0 N–H and O–H groups in total. The third kappa shape index (κ3) is 3.93. The number of benzene rings is 1. The lowest BCUT2D eigenvalue weighted by Crippen LogP contribution is -2.01. The van der Waals surface area contributed by atoms with Crippen LogP contribution in [-0.2, 0) is 0 Å². The quantitative estimate of drug-likeness (QED) is 0.833. The first-order valence-electron chi connectivity index (χ1n) is 4.96. The van der Waals surface area contributed by atoms with Crippen molar-refractivity contribution in [3.05, 3.63) is 28.2 Å². The van der Waals surface area contributed by atoms with E-state index >= 15 is 0 Å². The molecular weight excluding hydrogens is 254 g/mol. The fraction of sp³-hybridized carbons (Fsp3) is 0.417. The second-order valence-electron chi connectivity index (χ2n) is 3.78. The average Bonchev–Trinajstić information content (AvgIpc) is 2.17. The van der Waals surface area contributed by atoms with Crippen molar-refractivity contribution >= 4 is 15.9 Å². The van der Waals surface area contributed by atoms with Crippen molar-refractivity contribution in [2.45, 2.75) is 20.3 Å². The van der Waals surface area contributed by atoms with Crippen LogP contribution in [-0.4, -0.2) is 6.61 Å². The van der Waals surface area contributed by atoms with Crippen molar-refractivity contribution in [3.8, 4) is 11.8 Å². The van der Waals surface area contributed by atoms with Gasteiger partial charge in [0.1, 0.15) is 11.8 Å². The van der Waals surface area contributed by atoms with E-state index in [1.54, 1.807) is 6.07 Å². The minimum Gasteiger partial charge on any atom is -0.494 e. The van der Waals surface area contributed by atoms with E-state index in [1.807, 2.05) is 12.1 Å². The number of ether oxygens (including phenoxy) is 1. The summed E-state index contributed by atoms with van der Waals surface area (Å²) in [7, 11) is 0. The average molecular weight is 268 g/mol. The molecule has 0 radical (unpaired) electrons. The minimum atomic E-state index is 0.631. The zero-order valence-electron chi connectivity index (χ0n) is 8.96. The highest BCUT2D eigenvalue weighted by molar-refractivity contribution is 9.10. The molecule has 0 amide bonds. The molecule has 0 aromatic heterocycles. The minimum absolute atomic E-state index is 0.631. The monoisotopic (exact) mass is 267 g/mol. The smallest absolute Gasteiger partial charge is 0.120 e. The first-order valence-corrected chi connectivity index (χ1v) is 5.75. The molecule has 0 fully saturated rings. The van der Waals surface area contributed by atoms with Gasteiger partial charge in [0.05, 0.1) is 12.2 Å². The van der Waals surface area contributed by atoms with E-state index in [0.717, 1.165) is 23.2 Å². The van der Waals surface area contributed by atoms with Gasteiger partial charge in [-0.3, -0.25) is 0 Å². The summed E-state index contributed by atoms with van der Waals surface area (Å²) in [5.41, 5.74) is 0.631. The summed E-state index contributed by atoms with van der Waals surface area (Å²) in [4.78, 5) is 0. The van der Waals surface area contributed by atoms with E-state index in [0.29, 0.717) is 11.5 Å². The van der Waals surface area contributed by atoms with Crippen LogP contribution in [0.5, 0.6) is 5.75 Å². The molecule has 0 aliphatic heterocycles. The summed E-state index contributed by atoms with van der Waals surface area (Å²) >= 11 is 3.33. The number of hydrogen-bond donors (Lipinski definition) is 0. The van der Waals surface area contributed by atoms with Gasteiger partial charge in [0.25, 0.3) is 0 Å². The summed E-state index contributed by atoms with van der Waals surface area (Å²) in [6.07, 6.45) is 1.04. The van der Waals surface area contributed by atoms with Gasteiger partial charge in [-0.05, 0) is 46.5 Å². The van der Waals surface area contributed by atoms with E-state index in [4.69, 9.17) is 10.00 Å². The molecule has 0 aliphatic carbocycles. The summed E-state index contributed by atoms with van der Waals surface area (Å²) < 4.78 is 6.34.